The summed E-state index contributed by atoms with van der Waals surface area (Å²) in [5.74, 6) is -0.246. The van der Waals surface area contributed by atoms with Crippen molar-refractivity contribution in [1.82, 2.24) is 10.2 Å². The van der Waals surface area contributed by atoms with E-state index < -0.39 is 11.4 Å². The summed E-state index contributed by atoms with van der Waals surface area (Å²) in [6, 6.07) is 14.0. The van der Waals surface area contributed by atoms with E-state index in [2.05, 4.69) is 15.5 Å². The van der Waals surface area contributed by atoms with Crippen molar-refractivity contribution in [2.24, 2.45) is 0 Å². The number of hydrogen-bond donors (Lipinski definition) is 1. The van der Waals surface area contributed by atoms with Crippen molar-refractivity contribution < 1.29 is 18.7 Å². The van der Waals surface area contributed by atoms with Crippen molar-refractivity contribution in [2.75, 3.05) is 5.32 Å². The fourth-order valence-corrected chi connectivity index (χ4v) is 4.46. The maximum atomic E-state index is 12.6. The summed E-state index contributed by atoms with van der Waals surface area (Å²) >= 11 is 2.54. The van der Waals surface area contributed by atoms with Gasteiger partial charge in [0.15, 0.2) is 4.34 Å². The first-order chi connectivity index (χ1) is 15.5. The molecule has 162 valence electrons. The predicted molar refractivity (Wildman–Crippen MR) is 122 cm³/mol. The third-order valence-corrected chi connectivity index (χ3v) is 6.37. The Bertz CT molecular complexity index is 1340. The highest BCUT2D eigenvalue weighted by molar-refractivity contribution is 8.00. The average molecular weight is 468 g/mol. The highest BCUT2D eigenvalue weighted by atomic mass is 32.2. The fourth-order valence-electron chi connectivity index (χ4n) is 2.81. The van der Waals surface area contributed by atoms with Crippen LogP contribution in [0.15, 0.2) is 68.3 Å². The molecule has 10 heteroatoms. The minimum atomic E-state index is -0.633. The molecule has 0 aliphatic rings. The van der Waals surface area contributed by atoms with Crippen LogP contribution < -0.4 is 15.5 Å². The Morgan fingerprint density at radius 1 is 1.16 bits per heavy atom. The van der Waals surface area contributed by atoms with Crippen LogP contribution in [0.4, 0.5) is 5.13 Å². The fraction of sp³-hybridized carbons (Fsp3) is 0.136. The molecule has 2 aromatic carbocycles. The minimum Gasteiger partial charge on any atom is -0.464 e. The van der Waals surface area contributed by atoms with Gasteiger partial charge in [0, 0.05) is 12.5 Å². The van der Waals surface area contributed by atoms with Crippen molar-refractivity contribution >= 4 is 50.9 Å². The molecule has 0 unspecified atom stereocenters. The topological polar surface area (TPSA) is 111 Å². The Morgan fingerprint density at radius 3 is 2.78 bits per heavy atom. The highest BCUT2D eigenvalue weighted by Crippen LogP contribution is 2.28. The number of fused-ring (bicyclic) bond motifs is 1. The molecule has 0 saturated carbocycles. The van der Waals surface area contributed by atoms with E-state index in [0.717, 1.165) is 17.0 Å². The molecule has 0 atom stereocenters. The number of carbonyl (C=O) groups excluding carboxylic acids is 2. The second-order valence-electron chi connectivity index (χ2n) is 6.55. The van der Waals surface area contributed by atoms with Crippen LogP contribution in [0.25, 0.3) is 10.8 Å². The van der Waals surface area contributed by atoms with Gasteiger partial charge in [0.1, 0.15) is 12.0 Å². The van der Waals surface area contributed by atoms with Crippen LogP contribution in [-0.4, -0.2) is 22.1 Å². The van der Waals surface area contributed by atoms with Crippen molar-refractivity contribution in [3.8, 4) is 5.75 Å². The summed E-state index contributed by atoms with van der Waals surface area (Å²) in [4.78, 5) is 36.5. The molecule has 2 heterocycles. The predicted octanol–water partition coefficient (Wildman–Crippen LogP) is 4.50. The number of carbonyl (C=O) groups is 2. The molecule has 32 heavy (non-hydrogen) atoms. The Hall–Kier alpha value is -3.50. The quantitative estimate of drug-likeness (QED) is 0.240. The van der Waals surface area contributed by atoms with Gasteiger partial charge in [0.25, 0.3) is 0 Å². The normalized spacial score (nSPS) is 10.8. The molecule has 2 aromatic heterocycles. The number of ether oxygens (including phenoxy) is 1. The SMILES string of the molecule is CCC(=O)Nc1nnc(SCc2cc(=O)c(OC(=O)c3cccc4ccccc34)co2)s1. The molecule has 0 saturated heterocycles. The largest absolute Gasteiger partial charge is 0.464 e. The van der Waals surface area contributed by atoms with Gasteiger partial charge in [-0.1, -0.05) is 66.4 Å². The molecule has 8 nitrogen and oxygen atoms in total. The number of rotatable bonds is 7. The molecule has 0 bridgehead atoms. The second-order valence-corrected chi connectivity index (χ2v) is 8.75. The van der Waals surface area contributed by atoms with Crippen LogP contribution in [0.1, 0.15) is 29.5 Å². The molecule has 0 aliphatic heterocycles. The van der Waals surface area contributed by atoms with Gasteiger partial charge in [-0.2, -0.15) is 0 Å². The molecular weight excluding hydrogens is 450 g/mol. The van der Waals surface area contributed by atoms with Gasteiger partial charge in [-0.05, 0) is 16.8 Å². The van der Waals surface area contributed by atoms with Crippen molar-refractivity contribution in [3.05, 3.63) is 76.3 Å². The maximum absolute atomic E-state index is 12.6. The first-order valence-corrected chi connectivity index (χ1v) is 11.4. The molecule has 0 fully saturated rings. The summed E-state index contributed by atoms with van der Waals surface area (Å²) in [5, 5.41) is 12.6. The molecule has 4 aromatic rings. The number of nitrogens with one attached hydrogen (secondary N) is 1. The van der Waals surface area contributed by atoms with Gasteiger partial charge in [-0.15, -0.1) is 10.2 Å². The lowest BCUT2D eigenvalue weighted by Crippen LogP contribution is -2.15. The van der Waals surface area contributed by atoms with Crippen LogP contribution in [0.2, 0.25) is 0 Å². The van der Waals surface area contributed by atoms with E-state index >= 15 is 0 Å². The van der Waals surface area contributed by atoms with Crippen LogP contribution in [0.5, 0.6) is 5.75 Å². The summed E-state index contributed by atoms with van der Waals surface area (Å²) < 4.78 is 11.4. The van der Waals surface area contributed by atoms with Crippen LogP contribution in [0.3, 0.4) is 0 Å². The zero-order chi connectivity index (χ0) is 22.5. The maximum Gasteiger partial charge on any atom is 0.344 e. The average Bonchev–Trinajstić information content (AvgIpc) is 3.25. The number of esters is 1. The van der Waals surface area contributed by atoms with Crippen molar-refractivity contribution in [3.63, 3.8) is 0 Å². The number of hydrogen-bond acceptors (Lipinski definition) is 9. The number of nitrogens with zero attached hydrogens (tertiary/aromatic N) is 2. The molecular formula is C22H17N3O5S2. The molecule has 0 spiro atoms. The zero-order valence-electron chi connectivity index (χ0n) is 16.9. The van der Waals surface area contributed by atoms with Crippen molar-refractivity contribution in [1.29, 1.82) is 0 Å². The van der Waals surface area contributed by atoms with E-state index in [4.69, 9.17) is 9.15 Å². The van der Waals surface area contributed by atoms with Crippen LogP contribution in [0, 0.1) is 0 Å². The smallest absolute Gasteiger partial charge is 0.344 e. The Labute approximate surface area is 190 Å². The van der Waals surface area contributed by atoms with E-state index in [1.807, 2.05) is 30.3 Å². The number of benzene rings is 2. The third-order valence-electron chi connectivity index (χ3n) is 4.38. The Kier molecular flexibility index (Phi) is 6.62. The van der Waals surface area contributed by atoms with Crippen LogP contribution >= 0.6 is 23.1 Å². The number of amides is 1. The highest BCUT2D eigenvalue weighted by Gasteiger charge is 2.15. The second kappa shape index (κ2) is 9.75. The van der Waals surface area contributed by atoms with E-state index in [0.29, 0.717) is 33.0 Å². The monoisotopic (exact) mass is 467 g/mol. The molecule has 1 amide bonds. The Morgan fingerprint density at radius 2 is 1.97 bits per heavy atom. The van der Waals surface area contributed by atoms with Gasteiger partial charge >= 0.3 is 5.97 Å². The summed E-state index contributed by atoms with van der Waals surface area (Å²) in [6.07, 6.45) is 1.49. The molecule has 0 aliphatic carbocycles. The molecule has 1 N–H and O–H groups in total. The Balaban J connectivity index is 1.42. The zero-order valence-corrected chi connectivity index (χ0v) is 18.5. The molecule has 0 radical (unpaired) electrons. The van der Waals surface area contributed by atoms with Gasteiger partial charge in [-0.3, -0.25) is 9.59 Å². The van der Waals surface area contributed by atoms with Crippen molar-refractivity contribution in [2.45, 2.75) is 23.4 Å². The minimum absolute atomic E-state index is 0.141. The van der Waals surface area contributed by atoms with Gasteiger partial charge in [0.2, 0.25) is 22.2 Å². The van der Waals surface area contributed by atoms with E-state index in [1.165, 1.54) is 29.2 Å². The van der Waals surface area contributed by atoms with Gasteiger partial charge in [0.05, 0.1) is 11.3 Å². The first kappa shape index (κ1) is 21.7. The van der Waals surface area contributed by atoms with E-state index in [9.17, 15) is 14.4 Å². The van der Waals surface area contributed by atoms with Gasteiger partial charge < -0.3 is 14.5 Å². The standard InChI is InChI=1S/C22H17N3O5S2/c1-2-19(27)23-21-24-25-22(32-21)31-12-14-10-17(26)18(11-29-14)30-20(28)16-9-5-7-13-6-3-4-8-15(13)16/h3-11H,2,12H2,1H3,(H,23,24,27). The summed E-state index contributed by atoms with van der Waals surface area (Å²) in [5.41, 5.74) is -0.0991. The van der Waals surface area contributed by atoms with Gasteiger partial charge in [-0.25, -0.2) is 4.79 Å². The number of thioether (sulfide) groups is 1. The summed E-state index contributed by atoms with van der Waals surface area (Å²) in [6.45, 7) is 1.75. The number of aromatic nitrogens is 2. The van der Waals surface area contributed by atoms with E-state index in [-0.39, 0.29) is 11.7 Å². The lowest BCUT2D eigenvalue weighted by Gasteiger charge is -2.07. The van der Waals surface area contributed by atoms with Crippen LogP contribution in [-0.2, 0) is 10.5 Å². The third kappa shape index (κ3) is 5.04. The lowest BCUT2D eigenvalue weighted by molar-refractivity contribution is -0.115. The lowest BCUT2D eigenvalue weighted by atomic mass is 10.1. The number of anilines is 1. The molecule has 4 rings (SSSR count). The van der Waals surface area contributed by atoms with E-state index in [1.54, 1.807) is 19.1 Å². The summed E-state index contributed by atoms with van der Waals surface area (Å²) in [7, 11) is 0. The first-order valence-electron chi connectivity index (χ1n) is 9.61.